The van der Waals surface area contributed by atoms with Crippen molar-refractivity contribution >= 4 is 17.4 Å². The fraction of sp³-hybridized carbons (Fsp3) is 0.438. The smallest absolute Gasteiger partial charge is 0.340 e. The first kappa shape index (κ1) is 15.0. The second-order valence-corrected chi connectivity index (χ2v) is 6.01. The average Bonchev–Trinajstić information content (AvgIpc) is 2.37. The van der Waals surface area contributed by atoms with E-state index >= 15 is 0 Å². The lowest BCUT2D eigenvalue weighted by Crippen LogP contribution is -2.29. The van der Waals surface area contributed by atoms with Crippen molar-refractivity contribution < 1.29 is 14.3 Å². The minimum atomic E-state index is -0.605. The van der Waals surface area contributed by atoms with Crippen molar-refractivity contribution in [1.82, 2.24) is 0 Å². The molecule has 0 spiro atoms. The van der Waals surface area contributed by atoms with Crippen LogP contribution in [-0.4, -0.2) is 18.4 Å². The molecule has 0 fully saturated rings. The minimum absolute atomic E-state index is 0.0664. The van der Waals surface area contributed by atoms with Crippen molar-refractivity contribution in [3.63, 3.8) is 0 Å². The number of hydrogen-bond donors (Lipinski definition) is 1. The normalized spacial score (nSPS) is 16.0. The van der Waals surface area contributed by atoms with Crippen molar-refractivity contribution in [2.75, 3.05) is 12.3 Å². The highest BCUT2D eigenvalue weighted by atomic mass is 16.5. The molecule has 21 heavy (non-hydrogen) atoms. The summed E-state index contributed by atoms with van der Waals surface area (Å²) >= 11 is 0. The summed E-state index contributed by atoms with van der Waals surface area (Å²) < 4.78 is 4.94. The van der Waals surface area contributed by atoms with E-state index in [1.807, 2.05) is 19.9 Å². The first-order chi connectivity index (χ1) is 9.80. The van der Waals surface area contributed by atoms with Crippen LogP contribution < -0.4 is 5.73 Å². The van der Waals surface area contributed by atoms with E-state index in [2.05, 4.69) is 0 Å². The number of nitrogens with zero attached hydrogens (tertiary/aromatic N) is 1. The van der Waals surface area contributed by atoms with Gasteiger partial charge in [0.05, 0.1) is 23.4 Å². The Morgan fingerprint density at radius 3 is 2.71 bits per heavy atom. The number of benzene rings is 1. The summed E-state index contributed by atoms with van der Waals surface area (Å²) in [6, 6.07) is 3.51. The third-order valence-corrected chi connectivity index (χ3v) is 3.68. The van der Waals surface area contributed by atoms with Gasteiger partial charge in [0.25, 0.3) is 0 Å². The summed E-state index contributed by atoms with van der Waals surface area (Å²) in [5, 5.41) is 9.37. The van der Waals surface area contributed by atoms with E-state index in [9.17, 15) is 14.9 Å². The number of esters is 1. The maximum absolute atomic E-state index is 12.3. The van der Waals surface area contributed by atoms with E-state index < -0.39 is 5.97 Å². The van der Waals surface area contributed by atoms with Crippen LogP contribution in [0.1, 0.15) is 59.0 Å². The number of carbonyl (C=O) groups is 2. The number of nitrogens with two attached hydrogens (primary N) is 1. The molecule has 0 aromatic heterocycles. The van der Waals surface area contributed by atoms with E-state index in [1.165, 1.54) is 6.07 Å². The number of carbonyl (C=O) groups excluding carboxylic acids is 2. The standard InChI is InChI=1S/C16H18N2O3/c1-4-21-15(20)10-5-9-11(12(8-17)14(10)18)6-16(2,3)7-13(9)19/h5H,4,6-7,18H2,1-3H3. The van der Waals surface area contributed by atoms with Gasteiger partial charge in [-0.25, -0.2) is 4.79 Å². The molecule has 2 N–H and O–H groups in total. The zero-order chi connectivity index (χ0) is 15.8. The van der Waals surface area contributed by atoms with Crippen molar-refractivity contribution in [2.24, 2.45) is 5.41 Å². The van der Waals surface area contributed by atoms with Gasteiger partial charge in [-0.1, -0.05) is 13.8 Å². The van der Waals surface area contributed by atoms with Crippen LogP contribution in [0.4, 0.5) is 5.69 Å². The van der Waals surface area contributed by atoms with E-state index in [-0.39, 0.29) is 34.6 Å². The second kappa shape index (κ2) is 5.21. The Balaban J connectivity index is 2.68. The lowest BCUT2D eigenvalue weighted by molar-refractivity contribution is 0.0527. The van der Waals surface area contributed by atoms with Crippen LogP contribution in [0.2, 0.25) is 0 Å². The molecule has 1 aromatic carbocycles. The average molecular weight is 286 g/mol. The van der Waals surface area contributed by atoms with Crippen LogP contribution in [0.5, 0.6) is 0 Å². The molecule has 0 saturated heterocycles. The SMILES string of the molecule is CCOC(=O)c1cc2c(c(C#N)c1N)CC(C)(C)CC2=O. The van der Waals surface area contributed by atoms with Crippen LogP contribution in [0.25, 0.3) is 0 Å². The Morgan fingerprint density at radius 2 is 2.14 bits per heavy atom. The van der Waals surface area contributed by atoms with Gasteiger partial charge in [0.1, 0.15) is 6.07 Å². The molecule has 0 unspecified atom stereocenters. The number of rotatable bonds is 2. The van der Waals surface area contributed by atoms with Gasteiger partial charge in [0, 0.05) is 12.0 Å². The van der Waals surface area contributed by atoms with Gasteiger partial charge < -0.3 is 10.5 Å². The molecule has 1 aromatic rings. The number of nitrogen functional groups attached to an aromatic ring is 1. The highest BCUT2D eigenvalue weighted by molar-refractivity contribution is 6.05. The van der Waals surface area contributed by atoms with E-state index in [1.54, 1.807) is 6.92 Å². The number of Topliss-reactive ketones (excluding diaryl/α,β-unsaturated/α-hetero) is 1. The monoisotopic (exact) mass is 286 g/mol. The molecule has 0 aliphatic heterocycles. The number of fused-ring (bicyclic) bond motifs is 1. The third kappa shape index (κ3) is 2.62. The molecule has 1 aliphatic rings. The van der Waals surface area contributed by atoms with Crippen molar-refractivity contribution in [1.29, 1.82) is 5.26 Å². The highest BCUT2D eigenvalue weighted by Crippen LogP contribution is 2.39. The van der Waals surface area contributed by atoms with Gasteiger partial charge >= 0.3 is 5.97 Å². The number of ketones is 1. The lowest BCUT2D eigenvalue weighted by Gasteiger charge is -2.31. The molecule has 110 valence electrons. The van der Waals surface area contributed by atoms with Gasteiger partial charge in [-0.15, -0.1) is 0 Å². The number of nitriles is 1. The van der Waals surface area contributed by atoms with Gasteiger partial charge in [-0.3, -0.25) is 4.79 Å². The van der Waals surface area contributed by atoms with Gasteiger partial charge in [0.15, 0.2) is 5.78 Å². The maximum Gasteiger partial charge on any atom is 0.340 e. The summed E-state index contributed by atoms with van der Waals surface area (Å²) in [6.45, 7) is 5.85. The van der Waals surface area contributed by atoms with Crippen LogP contribution >= 0.6 is 0 Å². The number of hydrogen-bond acceptors (Lipinski definition) is 5. The molecular weight excluding hydrogens is 268 g/mol. The predicted molar refractivity (Wildman–Crippen MR) is 78.0 cm³/mol. The molecule has 1 aliphatic carbocycles. The first-order valence-electron chi connectivity index (χ1n) is 6.86. The van der Waals surface area contributed by atoms with Crippen LogP contribution in [0, 0.1) is 16.7 Å². The highest BCUT2D eigenvalue weighted by Gasteiger charge is 2.34. The van der Waals surface area contributed by atoms with Crippen LogP contribution in [0.15, 0.2) is 6.07 Å². The van der Waals surface area contributed by atoms with Gasteiger partial charge in [-0.2, -0.15) is 5.26 Å². The summed E-state index contributed by atoms with van der Waals surface area (Å²) in [5.74, 6) is -0.671. The third-order valence-electron chi connectivity index (χ3n) is 3.68. The van der Waals surface area contributed by atoms with Crippen molar-refractivity contribution in [2.45, 2.75) is 33.6 Å². The zero-order valence-corrected chi connectivity index (χ0v) is 12.4. The number of anilines is 1. The molecule has 0 atom stereocenters. The summed E-state index contributed by atoms with van der Waals surface area (Å²) in [7, 11) is 0. The minimum Gasteiger partial charge on any atom is -0.462 e. The Kier molecular flexibility index (Phi) is 3.73. The molecule has 0 amide bonds. The van der Waals surface area contributed by atoms with E-state index in [0.717, 1.165) is 0 Å². The fourth-order valence-electron chi connectivity index (χ4n) is 2.75. The van der Waals surface area contributed by atoms with E-state index in [0.29, 0.717) is 24.0 Å². The molecule has 0 bridgehead atoms. The fourth-order valence-corrected chi connectivity index (χ4v) is 2.75. The maximum atomic E-state index is 12.3. The van der Waals surface area contributed by atoms with Gasteiger partial charge in [-0.05, 0) is 30.4 Å². The molecule has 0 radical (unpaired) electrons. The molecule has 2 rings (SSSR count). The summed E-state index contributed by atoms with van der Waals surface area (Å²) in [5.41, 5.74) is 7.21. The first-order valence-corrected chi connectivity index (χ1v) is 6.86. The molecule has 0 heterocycles. The topological polar surface area (TPSA) is 93.2 Å². The number of ether oxygens (including phenoxy) is 1. The lowest BCUT2D eigenvalue weighted by atomic mass is 9.72. The summed E-state index contributed by atoms with van der Waals surface area (Å²) in [4.78, 5) is 24.2. The predicted octanol–water partition coefficient (Wildman–Crippen LogP) is 2.47. The second-order valence-electron chi connectivity index (χ2n) is 6.01. The Labute approximate surface area is 123 Å². The van der Waals surface area contributed by atoms with Crippen LogP contribution in [-0.2, 0) is 11.2 Å². The summed E-state index contributed by atoms with van der Waals surface area (Å²) in [6.07, 6.45) is 0.974. The zero-order valence-electron chi connectivity index (χ0n) is 12.4. The quantitative estimate of drug-likeness (QED) is 0.666. The molecule has 5 heteroatoms. The Morgan fingerprint density at radius 1 is 1.48 bits per heavy atom. The molecular formula is C16H18N2O3. The Hall–Kier alpha value is -2.35. The molecule has 0 saturated carbocycles. The van der Waals surface area contributed by atoms with Gasteiger partial charge in [0.2, 0.25) is 0 Å². The van der Waals surface area contributed by atoms with Crippen LogP contribution in [0.3, 0.4) is 0 Å². The van der Waals surface area contributed by atoms with E-state index in [4.69, 9.17) is 10.5 Å². The molecule has 5 nitrogen and oxygen atoms in total. The van der Waals surface area contributed by atoms with Crippen molar-refractivity contribution in [3.05, 3.63) is 28.3 Å². The Bertz CT molecular complexity index is 669. The largest absolute Gasteiger partial charge is 0.462 e. The van der Waals surface area contributed by atoms with Crippen molar-refractivity contribution in [3.8, 4) is 6.07 Å².